The minimum Gasteiger partial charge on any atom is -0.507 e. The fourth-order valence-electron chi connectivity index (χ4n) is 7.31. The van der Waals surface area contributed by atoms with E-state index in [1.165, 1.54) is 53.2 Å². The molecule has 0 spiro atoms. The van der Waals surface area contributed by atoms with Crippen molar-refractivity contribution in [2.45, 2.75) is 96.9 Å². The average Bonchev–Trinajstić information content (AvgIpc) is 3.45. The van der Waals surface area contributed by atoms with Crippen LogP contribution in [0.3, 0.4) is 0 Å². The number of carbonyl (C=O) groups is 4. The molecule has 5 bridgehead atoms. The molecule has 16 nitrogen and oxygen atoms in total. The highest BCUT2D eigenvalue weighted by atomic mass is 32.2. The third kappa shape index (κ3) is 9.62. The molecule has 17 heteroatoms. The van der Waals surface area contributed by atoms with E-state index in [-0.39, 0.29) is 62.5 Å². The first kappa shape index (κ1) is 46.4. The van der Waals surface area contributed by atoms with E-state index in [1.54, 1.807) is 45.9 Å². The van der Waals surface area contributed by atoms with Crippen molar-refractivity contribution in [3.8, 4) is 29.1 Å². The molecule has 2 aromatic rings. The highest BCUT2D eigenvalue weighted by Crippen LogP contribution is 2.57. The van der Waals surface area contributed by atoms with Crippen molar-refractivity contribution in [2.24, 2.45) is 23.7 Å². The van der Waals surface area contributed by atoms with E-state index in [2.05, 4.69) is 10.6 Å². The van der Waals surface area contributed by atoms with E-state index in [1.807, 2.05) is 0 Å². The van der Waals surface area contributed by atoms with Crippen LogP contribution in [0.2, 0.25) is 0 Å². The normalized spacial score (nSPS) is 29.7. The smallest absolute Gasteiger partial charge is 0.312 e. The van der Waals surface area contributed by atoms with Crippen LogP contribution in [0.25, 0.3) is 10.8 Å². The van der Waals surface area contributed by atoms with Gasteiger partial charge in [-0.3, -0.25) is 19.2 Å². The predicted molar refractivity (Wildman–Crippen MR) is 218 cm³/mol. The summed E-state index contributed by atoms with van der Waals surface area (Å²) in [6.07, 6.45) is 2.92. The third-order valence-corrected chi connectivity index (χ3v) is 12.0. The number of hydrogen-bond donors (Lipinski definition) is 7. The Labute approximate surface area is 346 Å². The standard InChI is InChI=1S/C42H53N3O13S/c1-19-11-10-12-20(2)41(54)45-31-35(51)29-28(36(52)39(31)59-18-16-44-27(47)13-15-43)30-38(24(6)34(29)50)58-42(8,40(30)53)56-17-14-26(55-9)21(3)37(57-25(7)46)23(5)33(49)22(4)32(19)48/h10-12,14,17,19,21-23,26,32-33,37,48-52H,13,16,18H2,1-9H3,(H,44,47)(H,45,54)/b11-10+,17-14+,20-12-/t19-,21-,22-,23+,26+,32+,33+,37-,42+/m1/s1. The van der Waals surface area contributed by atoms with Gasteiger partial charge in [-0.25, -0.2) is 0 Å². The Hall–Kier alpha value is -5.28. The minimum atomic E-state index is -2.08. The number of benzene rings is 2. The lowest BCUT2D eigenvalue weighted by molar-refractivity contribution is -0.160. The number of methoxy groups -OCH3 is 1. The van der Waals surface area contributed by atoms with E-state index in [4.69, 9.17) is 24.2 Å². The van der Waals surface area contributed by atoms with Crippen molar-refractivity contribution in [1.82, 2.24) is 5.32 Å². The molecule has 5 rings (SSSR count). The number of ether oxygens (including phenoxy) is 4. The summed E-state index contributed by atoms with van der Waals surface area (Å²) in [5, 5.41) is 71.4. The Kier molecular flexibility index (Phi) is 15.1. The number of thioether (sulfide) groups is 1. The molecular weight excluding hydrogens is 787 g/mol. The predicted octanol–water partition coefficient (Wildman–Crippen LogP) is 4.88. The van der Waals surface area contributed by atoms with Crippen molar-refractivity contribution in [3.05, 3.63) is 47.3 Å². The van der Waals surface area contributed by atoms with Gasteiger partial charge in [0.2, 0.25) is 5.91 Å². The van der Waals surface area contributed by atoms with E-state index in [9.17, 15) is 44.7 Å². The van der Waals surface area contributed by atoms with Gasteiger partial charge in [0.25, 0.3) is 11.7 Å². The summed E-state index contributed by atoms with van der Waals surface area (Å²) in [6, 6.07) is 1.75. The molecule has 7 N–H and O–H groups in total. The van der Waals surface area contributed by atoms with Gasteiger partial charge in [-0.05, 0) is 19.9 Å². The number of nitriles is 1. The molecule has 0 aromatic heterocycles. The van der Waals surface area contributed by atoms with Crippen LogP contribution in [0.4, 0.5) is 5.69 Å². The van der Waals surface area contributed by atoms with E-state index >= 15 is 0 Å². The lowest BCUT2D eigenvalue weighted by atomic mass is 9.78. The van der Waals surface area contributed by atoms with Gasteiger partial charge in [0, 0.05) is 73.4 Å². The summed E-state index contributed by atoms with van der Waals surface area (Å²) < 4.78 is 23.4. The lowest BCUT2D eigenvalue weighted by Crippen LogP contribution is -2.46. The zero-order chi connectivity index (χ0) is 44.1. The van der Waals surface area contributed by atoms with Gasteiger partial charge in [-0.1, -0.05) is 45.9 Å². The van der Waals surface area contributed by atoms with Crippen molar-refractivity contribution in [2.75, 3.05) is 24.7 Å². The number of phenols is 3. The van der Waals surface area contributed by atoms with Crippen LogP contribution in [0, 0.1) is 41.9 Å². The van der Waals surface area contributed by atoms with Crippen LogP contribution < -0.4 is 15.4 Å². The summed E-state index contributed by atoms with van der Waals surface area (Å²) in [5.41, 5.74) is -0.378. The third-order valence-electron chi connectivity index (χ3n) is 10.9. The lowest BCUT2D eigenvalue weighted by Gasteiger charge is -2.38. The molecule has 0 unspecified atom stereocenters. The number of aliphatic hydroxyl groups excluding tert-OH is 2. The van der Waals surface area contributed by atoms with Crippen molar-refractivity contribution in [3.63, 3.8) is 0 Å². The van der Waals surface area contributed by atoms with E-state index in [0.29, 0.717) is 0 Å². The van der Waals surface area contributed by atoms with Gasteiger partial charge in [0.1, 0.15) is 35.5 Å². The molecule has 3 aliphatic heterocycles. The quantitative estimate of drug-likeness (QED) is 0.0645. The van der Waals surface area contributed by atoms with Crippen LogP contribution in [0.5, 0.6) is 23.0 Å². The summed E-state index contributed by atoms with van der Waals surface area (Å²) in [7, 11) is 1.41. The molecule has 0 radical (unpaired) electrons. The van der Waals surface area contributed by atoms with Gasteiger partial charge in [-0.15, -0.1) is 11.8 Å². The number of ketones is 1. The van der Waals surface area contributed by atoms with Gasteiger partial charge in [0.05, 0.1) is 46.5 Å². The second kappa shape index (κ2) is 19.2. The summed E-state index contributed by atoms with van der Waals surface area (Å²) in [5.74, 6) is -9.22. The maximum Gasteiger partial charge on any atom is 0.312 e. The van der Waals surface area contributed by atoms with Crippen LogP contribution >= 0.6 is 11.8 Å². The van der Waals surface area contributed by atoms with Crippen LogP contribution in [0.15, 0.2) is 41.0 Å². The average molecular weight is 840 g/mol. The van der Waals surface area contributed by atoms with Crippen LogP contribution in [0.1, 0.15) is 70.8 Å². The molecule has 0 saturated carbocycles. The van der Waals surface area contributed by atoms with Crippen LogP contribution in [-0.2, 0) is 28.6 Å². The second-order valence-electron chi connectivity index (χ2n) is 15.1. The number of hydrogen-bond acceptors (Lipinski definition) is 15. The number of fused-ring (bicyclic) bond motifs is 14. The first-order valence-electron chi connectivity index (χ1n) is 19.1. The highest BCUT2D eigenvalue weighted by molar-refractivity contribution is 7.99. The van der Waals surface area contributed by atoms with E-state index < -0.39 is 94.7 Å². The van der Waals surface area contributed by atoms with Gasteiger partial charge >= 0.3 is 11.8 Å². The number of amides is 2. The summed E-state index contributed by atoms with van der Waals surface area (Å²) >= 11 is 0.909. The topological polar surface area (TPSA) is 254 Å². The second-order valence-corrected chi connectivity index (χ2v) is 16.2. The minimum absolute atomic E-state index is 0.0133. The van der Waals surface area contributed by atoms with Crippen molar-refractivity contribution < 1.29 is 63.7 Å². The number of carbonyl (C=O) groups excluding carboxylic acids is 4. The van der Waals surface area contributed by atoms with Gasteiger partial charge in [0.15, 0.2) is 5.75 Å². The maximum atomic E-state index is 14.4. The molecule has 9 atom stereocenters. The largest absolute Gasteiger partial charge is 0.507 e. The molecule has 0 fully saturated rings. The molecule has 2 aromatic carbocycles. The fourth-order valence-corrected chi connectivity index (χ4v) is 8.25. The molecular formula is C42H53N3O13S. The molecule has 3 heterocycles. The number of aliphatic hydroxyl groups is 2. The Morgan fingerprint density at radius 1 is 1.00 bits per heavy atom. The molecule has 0 aliphatic carbocycles. The number of anilines is 1. The zero-order valence-electron chi connectivity index (χ0n) is 34.5. The number of nitrogens with one attached hydrogen (secondary N) is 2. The Bertz CT molecular complexity index is 2110. The summed E-state index contributed by atoms with van der Waals surface area (Å²) in [6.45, 7) is 12.3. The van der Waals surface area contributed by atoms with E-state index in [0.717, 1.165) is 11.8 Å². The monoisotopic (exact) mass is 839 g/mol. The SMILES string of the molecule is CO[C@H]1/C=C/O[C@@]2(C)Oc3c(C)c(O)c4c(O)c(c(SCCNC(=O)CC#N)c(O)c4c3C2=O)NC(=O)/C(C)=C\C=C\[C@@H](C)[C@H](O)[C@@H](C)[C@H](O)[C@H](C)[C@H](OC(C)=O)[C@@H]1C. The number of Topliss-reactive ketones (excluding diaryl/α,β-unsaturated/α-hetero) is 1. The first-order chi connectivity index (χ1) is 27.7. The number of rotatable bonds is 7. The number of esters is 1. The van der Waals surface area contributed by atoms with Gasteiger partial charge < -0.3 is 55.1 Å². The van der Waals surface area contributed by atoms with Crippen LogP contribution in [-0.4, -0.2) is 98.7 Å². The Balaban J connectivity index is 1.93. The fraction of sp³-hybridized carbons (Fsp3) is 0.500. The number of aromatic hydroxyl groups is 3. The number of phenolic OH excluding ortho intramolecular Hbond substituents is 3. The Morgan fingerprint density at radius 3 is 2.31 bits per heavy atom. The number of allylic oxidation sites excluding steroid dienone is 2. The Morgan fingerprint density at radius 2 is 1.68 bits per heavy atom. The maximum absolute atomic E-state index is 14.4. The highest BCUT2D eigenvalue weighted by Gasteiger charge is 2.50. The zero-order valence-corrected chi connectivity index (χ0v) is 35.3. The molecule has 320 valence electrons. The number of nitrogens with zero attached hydrogens (tertiary/aromatic N) is 1. The van der Waals surface area contributed by atoms with Crippen molar-refractivity contribution in [1.29, 1.82) is 5.26 Å². The molecule has 2 amide bonds. The summed E-state index contributed by atoms with van der Waals surface area (Å²) in [4.78, 5) is 52.1. The molecule has 0 saturated heterocycles. The molecule has 59 heavy (non-hydrogen) atoms. The van der Waals surface area contributed by atoms with Gasteiger partial charge in [-0.2, -0.15) is 5.26 Å². The molecule has 3 aliphatic rings. The van der Waals surface area contributed by atoms with Crippen molar-refractivity contribution >= 4 is 51.8 Å². The first-order valence-corrected chi connectivity index (χ1v) is 20.0.